The van der Waals surface area contributed by atoms with Crippen LogP contribution in [0.5, 0.6) is 0 Å². The van der Waals surface area contributed by atoms with E-state index >= 15 is 0 Å². The van der Waals surface area contributed by atoms with Crippen LogP contribution in [0.1, 0.15) is 6.92 Å². The quantitative estimate of drug-likeness (QED) is 0.458. The fourth-order valence-electron chi connectivity index (χ4n) is 0.795. The lowest BCUT2D eigenvalue weighted by molar-refractivity contribution is -0.130. The van der Waals surface area contributed by atoms with E-state index in [0.29, 0.717) is 5.25 Å². The zero-order chi connectivity index (χ0) is 6.85. The fourth-order valence-corrected chi connectivity index (χ4v) is 1.04. The molecular weight excluding hydrogens is 136 g/mol. The van der Waals surface area contributed by atoms with Crippen LogP contribution in [0.3, 0.4) is 0 Å². The maximum absolute atomic E-state index is 10.6. The Hall–Kier alpha value is -0.220. The summed E-state index contributed by atoms with van der Waals surface area (Å²) >= 11 is 4.19. The molecule has 1 heterocycles. The monoisotopic (exact) mass is 146 g/mol. The van der Waals surface area contributed by atoms with Crippen molar-refractivity contribution in [3.05, 3.63) is 0 Å². The van der Waals surface area contributed by atoms with E-state index in [9.17, 15) is 4.79 Å². The average Bonchev–Trinajstić information content (AvgIpc) is 2.14. The summed E-state index contributed by atoms with van der Waals surface area (Å²) in [6.07, 6.45) is 0. The average molecular weight is 146 g/mol. The van der Waals surface area contributed by atoms with Gasteiger partial charge in [0.25, 0.3) is 0 Å². The molecule has 9 heavy (non-hydrogen) atoms. The second-order valence-corrected chi connectivity index (χ2v) is 2.88. The molecular formula is C5H10N2OS. The Morgan fingerprint density at radius 2 is 2.56 bits per heavy atom. The normalized spacial score (nSPS) is 26.9. The summed E-state index contributed by atoms with van der Waals surface area (Å²) in [5, 5.41) is 1.88. The smallest absolute Gasteiger partial charge is 0.233 e. The Morgan fingerprint density at radius 1 is 1.89 bits per heavy atom. The molecule has 0 unspecified atom stereocenters. The number of carbonyl (C=O) groups excluding carboxylic acids is 1. The van der Waals surface area contributed by atoms with Crippen molar-refractivity contribution < 1.29 is 4.79 Å². The number of hydrogen-bond donors (Lipinski definition) is 2. The largest absolute Gasteiger partial charge is 0.277 e. The lowest BCUT2D eigenvalue weighted by atomic mass is 10.4. The highest BCUT2D eigenvalue weighted by Crippen LogP contribution is 2.03. The van der Waals surface area contributed by atoms with Crippen LogP contribution >= 0.6 is 12.6 Å². The summed E-state index contributed by atoms with van der Waals surface area (Å²) in [5.41, 5.74) is 2.91. The number of hydrazine groups is 1. The van der Waals surface area contributed by atoms with Gasteiger partial charge in [0.15, 0.2) is 0 Å². The molecule has 1 aliphatic rings. The summed E-state index contributed by atoms with van der Waals surface area (Å²) in [6.45, 7) is 3.06. The molecule has 0 aromatic carbocycles. The van der Waals surface area contributed by atoms with E-state index in [0.717, 1.165) is 13.1 Å². The highest BCUT2D eigenvalue weighted by atomic mass is 32.1. The minimum absolute atomic E-state index is 0.0616. The second kappa shape index (κ2) is 2.58. The van der Waals surface area contributed by atoms with E-state index in [1.54, 1.807) is 11.9 Å². The van der Waals surface area contributed by atoms with E-state index in [1.165, 1.54) is 0 Å². The summed E-state index contributed by atoms with van der Waals surface area (Å²) in [5.74, 6) is 0.0616. The number of amides is 1. The topological polar surface area (TPSA) is 32.3 Å². The van der Waals surface area contributed by atoms with Crippen LogP contribution < -0.4 is 5.43 Å². The van der Waals surface area contributed by atoms with E-state index in [2.05, 4.69) is 18.1 Å². The van der Waals surface area contributed by atoms with Crippen molar-refractivity contribution in [2.75, 3.05) is 13.1 Å². The third kappa shape index (κ3) is 1.59. The van der Waals surface area contributed by atoms with Gasteiger partial charge in [-0.2, -0.15) is 12.6 Å². The van der Waals surface area contributed by atoms with Crippen molar-refractivity contribution in [3.63, 3.8) is 0 Å². The van der Waals surface area contributed by atoms with Crippen molar-refractivity contribution in [1.29, 1.82) is 0 Å². The van der Waals surface area contributed by atoms with Crippen LogP contribution in [-0.4, -0.2) is 29.3 Å². The van der Waals surface area contributed by atoms with Crippen molar-refractivity contribution in [2.45, 2.75) is 12.2 Å². The molecule has 0 aromatic rings. The predicted molar refractivity (Wildman–Crippen MR) is 38.2 cm³/mol. The predicted octanol–water partition coefficient (Wildman–Crippen LogP) is -0.348. The molecule has 1 N–H and O–H groups in total. The molecule has 1 atom stereocenters. The molecule has 0 radical (unpaired) electrons. The maximum atomic E-state index is 10.6. The number of rotatable bonds is 0. The highest BCUT2D eigenvalue weighted by molar-refractivity contribution is 7.81. The van der Waals surface area contributed by atoms with Crippen LogP contribution in [-0.2, 0) is 4.79 Å². The molecule has 0 aliphatic carbocycles. The van der Waals surface area contributed by atoms with E-state index < -0.39 is 0 Å². The van der Waals surface area contributed by atoms with Crippen LogP contribution in [0.2, 0.25) is 0 Å². The molecule has 1 fully saturated rings. The Balaban J connectivity index is 2.39. The summed E-state index contributed by atoms with van der Waals surface area (Å²) < 4.78 is 0. The Kier molecular flexibility index (Phi) is 1.97. The highest BCUT2D eigenvalue weighted by Gasteiger charge is 2.19. The first kappa shape index (κ1) is 6.89. The summed E-state index contributed by atoms with van der Waals surface area (Å²) in [4.78, 5) is 10.6. The number of thiol groups is 1. The molecule has 0 bridgehead atoms. The molecule has 0 spiro atoms. The first-order valence-electron chi connectivity index (χ1n) is 2.90. The molecule has 1 saturated heterocycles. The van der Waals surface area contributed by atoms with Crippen molar-refractivity contribution in [1.82, 2.24) is 10.4 Å². The third-order valence-corrected chi connectivity index (χ3v) is 1.64. The van der Waals surface area contributed by atoms with Gasteiger partial charge in [-0.1, -0.05) is 0 Å². The minimum Gasteiger partial charge on any atom is -0.277 e. The lowest BCUT2D eigenvalue weighted by Crippen LogP contribution is -2.34. The zero-order valence-electron chi connectivity index (χ0n) is 5.29. The first-order valence-corrected chi connectivity index (χ1v) is 3.41. The van der Waals surface area contributed by atoms with Gasteiger partial charge in [-0.25, -0.2) is 5.43 Å². The van der Waals surface area contributed by atoms with Crippen molar-refractivity contribution in [3.8, 4) is 0 Å². The van der Waals surface area contributed by atoms with Gasteiger partial charge in [-0.05, 0) is 0 Å². The minimum atomic E-state index is 0.0616. The van der Waals surface area contributed by atoms with Gasteiger partial charge in [0.2, 0.25) is 5.91 Å². The van der Waals surface area contributed by atoms with E-state index in [1.807, 2.05) is 0 Å². The maximum Gasteiger partial charge on any atom is 0.233 e. The van der Waals surface area contributed by atoms with Crippen LogP contribution in [0.15, 0.2) is 0 Å². The van der Waals surface area contributed by atoms with Gasteiger partial charge in [0.05, 0.1) is 6.54 Å². The van der Waals surface area contributed by atoms with Gasteiger partial charge < -0.3 is 0 Å². The molecule has 52 valence electrons. The van der Waals surface area contributed by atoms with E-state index in [4.69, 9.17) is 0 Å². The standard InChI is InChI=1S/C5H10N2OS/c1-4(8)7-3-5(9)2-6-7/h5-6,9H,2-3H2,1H3/t5-/m1/s1. The van der Waals surface area contributed by atoms with Gasteiger partial charge in [-0.3, -0.25) is 9.80 Å². The SMILES string of the molecule is CC(=O)N1C[C@H](S)CN1. The zero-order valence-corrected chi connectivity index (χ0v) is 6.19. The molecule has 0 aromatic heterocycles. The molecule has 0 saturated carbocycles. The van der Waals surface area contributed by atoms with Crippen LogP contribution in [0, 0.1) is 0 Å². The molecule has 1 aliphatic heterocycles. The van der Waals surface area contributed by atoms with Crippen molar-refractivity contribution >= 4 is 18.5 Å². The first-order chi connectivity index (χ1) is 4.20. The van der Waals surface area contributed by atoms with E-state index in [-0.39, 0.29) is 5.91 Å². The molecule has 4 heteroatoms. The molecule has 1 rings (SSSR count). The Morgan fingerprint density at radius 3 is 2.78 bits per heavy atom. The molecule has 3 nitrogen and oxygen atoms in total. The summed E-state index contributed by atoms with van der Waals surface area (Å²) in [6, 6.07) is 0. The fraction of sp³-hybridized carbons (Fsp3) is 0.800. The van der Waals surface area contributed by atoms with Gasteiger partial charge in [0, 0.05) is 18.7 Å². The number of carbonyl (C=O) groups is 1. The number of nitrogens with one attached hydrogen (secondary N) is 1. The second-order valence-electron chi connectivity index (χ2n) is 2.15. The Bertz CT molecular complexity index is 128. The van der Waals surface area contributed by atoms with Gasteiger partial charge >= 0.3 is 0 Å². The number of nitrogens with zero attached hydrogens (tertiary/aromatic N) is 1. The molecule has 1 amide bonds. The van der Waals surface area contributed by atoms with Crippen molar-refractivity contribution in [2.24, 2.45) is 0 Å². The Labute approximate surface area is 59.8 Å². The lowest BCUT2D eigenvalue weighted by Gasteiger charge is -2.11. The van der Waals surface area contributed by atoms with Gasteiger partial charge in [0.1, 0.15) is 0 Å². The third-order valence-electron chi connectivity index (χ3n) is 1.29. The van der Waals surface area contributed by atoms with Gasteiger partial charge in [-0.15, -0.1) is 0 Å². The van der Waals surface area contributed by atoms with Crippen LogP contribution in [0.25, 0.3) is 0 Å². The number of hydrogen-bond acceptors (Lipinski definition) is 3. The van der Waals surface area contributed by atoms with Crippen LogP contribution in [0.4, 0.5) is 0 Å². The summed E-state index contributed by atoms with van der Waals surface area (Å²) in [7, 11) is 0.